The third-order valence-electron chi connectivity index (χ3n) is 6.44. The molecule has 2 aliphatic heterocycles. The quantitative estimate of drug-likeness (QED) is 0.659. The lowest BCUT2D eigenvalue weighted by atomic mass is 9.87. The first kappa shape index (κ1) is 19.7. The highest BCUT2D eigenvalue weighted by atomic mass is 32.2. The van der Waals surface area contributed by atoms with E-state index in [0.717, 1.165) is 37.7 Å². The number of methoxy groups -OCH3 is 1. The van der Waals surface area contributed by atoms with Gasteiger partial charge in [0.1, 0.15) is 5.75 Å². The summed E-state index contributed by atoms with van der Waals surface area (Å²) in [4.78, 5) is 4.02. The van der Waals surface area contributed by atoms with Crippen molar-refractivity contribution in [2.75, 3.05) is 31.8 Å². The number of nitrogens with zero attached hydrogens (tertiary/aromatic N) is 1. The summed E-state index contributed by atoms with van der Waals surface area (Å²) < 4.78 is 5.83. The molecule has 2 aromatic rings. The third kappa shape index (κ3) is 3.77. The van der Waals surface area contributed by atoms with Crippen LogP contribution in [0.5, 0.6) is 5.75 Å². The zero-order chi connectivity index (χ0) is 19.7. The standard InChI is InChI=1S/C24H32N2OS/c1-16-10-12-26(22(13-16)18-5-7-19(28-4)8-6-18)15-21-20-9-11-25-24(20)17(2)14-23(21)27-3/h5-8,14,16,22,25H,9-13,15H2,1-4H3. The second-order valence-corrected chi connectivity index (χ2v) is 9.17. The van der Waals surface area contributed by atoms with Crippen molar-refractivity contribution in [2.45, 2.75) is 50.6 Å². The minimum absolute atomic E-state index is 0.482. The van der Waals surface area contributed by atoms with E-state index in [1.165, 1.54) is 45.7 Å². The number of hydrogen-bond acceptors (Lipinski definition) is 4. The van der Waals surface area contributed by atoms with Crippen LogP contribution < -0.4 is 10.1 Å². The second kappa shape index (κ2) is 8.38. The van der Waals surface area contributed by atoms with Gasteiger partial charge in [0.2, 0.25) is 0 Å². The maximum atomic E-state index is 5.83. The van der Waals surface area contributed by atoms with Gasteiger partial charge in [-0.2, -0.15) is 0 Å². The molecule has 2 unspecified atom stereocenters. The molecular weight excluding hydrogens is 364 g/mol. The first-order valence-electron chi connectivity index (χ1n) is 10.4. The van der Waals surface area contributed by atoms with E-state index in [9.17, 15) is 0 Å². The summed E-state index contributed by atoms with van der Waals surface area (Å²) in [6.45, 7) is 7.73. The van der Waals surface area contributed by atoms with Crippen LogP contribution in [0.25, 0.3) is 0 Å². The minimum atomic E-state index is 0.482. The number of fused-ring (bicyclic) bond motifs is 1. The predicted molar refractivity (Wildman–Crippen MR) is 120 cm³/mol. The molecule has 2 heterocycles. The van der Waals surface area contributed by atoms with E-state index < -0.39 is 0 Å². The smallest absolute Gasteiger partial charge is 0.124 e. The Labute approximate surface area is 173 Å². The van der Waals surface area contributed by atoms with Crippen LogP contribution in [0.4, 0.5) is 5.69 Å². The van der Waals surface area contributed by atoms with E-state index in [1.807, 2.05) is 18.9 Å². The van der Waals surface area contributed by atoms with Gasteiger partial charge in [-0.1, -0.05) is 19.1 Å². The average molecular weight is 397 g/mol. The number of rotatable bonds is 5. The minimum Gasteiger partial charge on any atom is -0.496 e. The number of anilines is 1. The summed E-state index contributed by atoms with van der Waals surface area (Å²) >= 11 is 1.81. The monoisotopic (exact) mass is 396 g/mol. The molecule has 150 valence electrons. The third-order valence-corrected chi connectivity index (χ3v) is 7.18. The van der Waals surface area contributed by atoms with Crippen LogP contribution in [-0.4, -0.2) is 31.4 Å². The molecular formula is C24H32N2OS. The fourth-order valence-corrected chi connectivity index (χ4v) is 5.25. The number of nitrogens with one attached hydrogen (secondary N) is 1. The number of ether oxygens (including phenoxy) is 1. The molecule has 0 radical (unpaired) electrons. The number of benzene rings is 2. The first-order valence-corrected chi connectivity index (χ1v) is 11.6. The molecule has 1 fully saturated rings. The summed E-state index contributed by atoms with van der Waals surface area (Å²) in [5, 5.41) is 3.58. The Bertz CT molecular complexity index is 833. The van der Waals surface area contributed by atoms with Crippen LogP contribution in [-0.2, 0) is 13.0 Å². The fourth-order valence-electron chi connectivity index (χ4n) is 4.84. The van der Waals surface area contributed by atoms with Gasteiger partial charge in [0, 0.05) is 35.3 Å². The van der Waals surface area contributed by atoms with Crippen molar-refractivity contribution < 1.29 is 4.74 Å². The first-order chi connectivity index (χ1) is 13.6. The van der Waals surface area contributed by atoms with Crippen molar-refractivity contribution in [1.82, 2.24) is 4.90 Å². The molecule has 1 N–H and O–H groups in total. The molecule has 2 aromatic carbocycles. The van der Waals surface area contributed by atoms with Gasteiger partial charge < -0.3 is 10.1 Å². The van der Waals surface area contributed by atoms with Gasteiger partial charge in [-0.05, 0) is 79.8 Å². The summed E-state index contributed by atoms with van der Waals surface area (Å²) in [6, 6.07) is 11.9. The number of hydrogen-bond donors (Lipinski definition) is 1. The average Bonchev–Trinajstić information content (AvgIpc) is 3.21. The van der Waals surface area contributed by atoms with E-state index >= 15 is 0 Å². The van der Waals surface area contributed by atoms with Crippen LogP contribution in [0, 0.1) is 12.8 Å². The Hall–Kier alpha value is -1.65. The number of likely N-dealkylation sites (tertiary alicyclic amines) is 1. The predicted octanol–water partition coefficient (Wildman–Crippen LogP) is 5.67. The molecule has 4 rings (SSSR count). The zero-order valence-electron chi connectivity index (χ0n) is 17.5. The van der Waals surface area contributed by atoms with Gasteiger partial charge in [-0.3, -0.25) is 4.90 Å². The van der Waals surface area contributed by atoms with Crippen LogP contribution in [0.2, 0.25) is 0 Å². The van der Waals surface area contributed by atoms with Gasteiger partial charge in [0.25, 0.3) is 0 Å². The van der Waals surface area contributed by atoms with Crippen LogP contribution in [0.15, 0.2) is 35.2 Å². The molecule has 0 saturated carbocycles. The second-order valence-electron chi connectivity index (χ2n) is 8.29. The molecule has 4 heteroatoms. The van der Waals surface area contributed by atoms with Crippen molar-refractivity contribution in [3.05, 3.63) is 52.6 Å². The van der Waals surface area contributed by atoms with Crippen LogP contribution in [0.3, 0.4) is 0 Å². The van der Waals surface area contributed by atoms with E-state index in [1.54, 1.807) is 0 Å². The Morgan fingerprint density at radius 2 is 2.04 bits per heavy atom. The number of thioether (sulfide) groups is 1. The van der Waals surface area contributed by atoms with Crippen molar-refractivity contribution in [3.63, 3.8) is 0 Å². The summed E-state index contributed by atoms with van der Waals surface area (Å²) in [5.41, 5.74) is 6.93. The van der Waals surface area contributed by atoms with Gasteiger partial charge in [0.05, 0.1) is 7.11 Å². The number of aryl methyl sites for hydroxylation is 1. The summed E-state index contributed by atoms with van der Waals surface area (Å²) in [7, 11) is 1.81. The van der Waals surface area contributed by atoms with Gasteiger partial charge in [0.15, 0.2) is 0 Å². The van der Waals surface area contributed by atoms with E-state index in [4.69, 9.17) is 4.74 Å². The molecule has 28 heavy (non-hydrogen) atoms. The summed E-state index contributed by atoms with van der Waals surface area (Å²) in [6.07, 6.45) is 5.74. The molecule has 0 bridgehead atoms. The maximum absolute atomic E-state index is 5.83. The highest BCUT2D eigenvalue weighted by Gasteiger charge is 2.30. The van der Waals surface area contributed by atoms with Crippen LogP contribution in [0.1, 0.15) is 48.1 Å². The highest BCUT2D eigenvalue weighted by Crippen LogP contribution is 2.40. The lowest BCUT2D eigenvalue weighted by Crippen LogP contribution is -2.36. The lowest BCUT2D eigenvalue weighted by Gasteiger charge is -2.39. The fraction of sp³-hybridized carbons (Fsp3) is 0.500. The Morgan fingerprint density at radius 3 is 2.75 bits per heavy atom. The molecule has 0 aromatic heterocycles. The Balaban J connectivity index is 1.66. The zero-order valence-corrected chi connectivity index (χ0v) is 18.4. The molecule has 0 amide bonds. The molecule has 1 saturated heterocycles. The van der Waals surface area contributed by atoms with Crippen molar-refractivity contribution in [1.29, 1.82) is 0 Å². The lowest BCUT2D eigenvalue weighted by molar-refractivity contribution is 0.109. The van der Waals surface area contributed by atoms with Gasteiger partial charge in [-0.15, -0.1) is 11.8 Å². The summed E-state index contributed by atoms with van der Waals surface area (Å²) in [5.74, 6) is 1.82. The number of piperidine rings is 1. The van der Waals surface area contributed by atoms with E-state index in [-0.39, 0.29) is 0 Å². The van der Waals surface area contributed by atoms with E-state index in [2.05, 4.69) is 60.7 Å². The molecule has 0 spiro atoms. The molecule has 2 aliphatic rings. The van der Waals surface area contributed by atoms with Gasteiger partial charge >= 0.3 is 0 Å². The molecule has 3 nitrogen and oxygen atoms in total. The Morgan fingerprint density at radius 1 is 1.25 bits per heavy atom. The molecule has 2 atom stereocenters. The maximum Gasteiger partial charge on any atom is 0.124 e. The SMILES string of the molecule is COc1cc(C)c2c(c1CN1CCC(C)CC1c1ccc(SC)cc1)CCN2. The largest absolute Gasteiger partial charge is 0.496 e. The van der Waals surface area contributed by atoms with E-state index in [0.29, 0.717) is 6.04 Å². The Kier molecular flexibility index (Phi) is 5.88. The van der Waals surface area contributed by atoms with Crippen molar-refractivity contribution >= 4 is 17.4 Å². The topological polar surface area (TPSA) is 24.5 Å². The van der Waals surface area contributed by atoms with Crippen molar-refractivity contribution in [2.24, 2.45) is 5.92 Å². The van der Waals surface area contributed by atoms with Gasteiger partial charge in [-0.25, -0.2) is 0 Å². The normalized spacial score (nSPS) is 22.0. The van der Waals surface area contributed by atoms with Crippen LogP contribution >= 0.6 is 11.8 Å². The highest BCUT2D eigenvalue weighted by molar-refractivity contribution is 7.98. The molecule has 0 aliphatic carbocycles. The van der Waals surface area contributed by atoms with Crippen molar-refractivity contribution in [3.8, 4) is 5.75 Å².